The Morgan fingerprint density at radius 3 is 2.40 bits per heavy atom. The fourth-order valence-corrected chi connectivity index (χ4v) is 2.23. The molecule has 6 nitrogen and oxygen atoms in total. The first-order valence-electron chi connectivity index (χ1n) is 7.88. The van der Waals surface area contributed by atoms with E-state index in [2.05, 4.69) is 15.4 Å². The number of nitrogens with one attached hydrogen (secondary N) is 2. The smallest absolute Gasteiger partial charge is 0.337 e. The summed E-state index contributed by atoms with van der Waals surface area (Å²) in [5.74, 6) is -0.597. The normalized spacial score (nSPS) is 11.5. The van der Waals surface area contributed by atoms with Gasteiger partial charge in [0.1, 0.15) is 0 Å². The number of anilines is 2. The summed E-state index contributed by atoms with van der Waals surface area (Å²) in [5.41, 5.74) is 2.92. The molecule has 132 valence electrons. The number of carbonyl (C=O) groups excluding carboxylic acids is 2. The SMILES string of the molecule is COC(=O)c1ccc(NC(=O)CNc2cccc(C(C)OC)c2)cc1. The lowest BCUT2D eigenvalue weighted by Crippen LogP contribution is -2.21. The first-order valence-corrected chi connectivity index (χ1v) is 7.88. The van der Waals surface area contributed by atoms with Gasteiger partial charge in [-0.3, -0.25) is 4.79 Å². The van der Waals surface area contributed by atoms with E-state index < -0.39 is 5.97 Å². The molecule has 2 rings (SSSR count). The standard InChI is InChI=1S/C19H22N2O4/c1-13(24-2)15-5-4-6-17(11-15)20-12-18(22)21-16-9-7-14(8-10-16)19(23)25-3/h4-11,13,20H,12H2,1-3H3,(H,21,22). The number of hydrogen-bond donors (Lipinski definition) is 2. The molecule has 0 aromatic heterocycles. The molecule has 2 aromatic carbocycles. The van der Waals surface area contributed by atoms with Crippen LogP contribution < -0.4 is 10.6 Å². The van der Waals surface area contributed by atoms with Crippen molar-refractivity contribution in [3.8, 4) is 0 Å². The van der Waals surface area contributed by atoms with Gasteiger partial charge in [-0.1, -0.05) is 12.1 Å². The fraction of sp³-hybridized carbons (Fsp3) is 0.263. The van der Waals surface area contributed by atoms with Crippen molar-refractivity contribution < 1.29 is 19.1 Å². The molecule has 0 spiro atoms. The zero-order chi connectivity index (χ0) is 18.2. The molecule has 1 unspecified atom stereocenters. The Hall–Kier alpha value is -2.86. The van der Waals surface area contributed by atoms with E-state index in [4.69, 9.17) is 4.74 Å². The highest BCUT2D eigenvalue weighted by Crippen LogP contribution is 2.19. The van der Waals surface area contributed by atoms with Gasteiger partial charge in [-0.15, -0.1) is 0 Å². The van der Waals surface area contributed by atoms with Gasteiger partial charge in [0.05, 0.1) is 25.3 Å². The summed E-state index contributed by atoms with van der Waals surface area (Å²) in [6, 6.07) is 14.3. The molecule has 0 aliphatic heterocycles. The lowest BCUT2D eigenvalue weighted by atomic mass is 10.1. The summed E-state index contributed by atoms with van der Waals surface area (Å²) >= 11 is 0. The van der Waals surface area contributed by atoms with Crippen molar-refractivity contribution in [1.82, 2.24) is 0 Å². The maximum atomic E-state index is 12.0. The summed E-state index contributed by atoms with van der Waals surface area (Å²) < 4.78 is 9.92. The maximum absolute atomic E-state index is 12.0. The topological polar surface area (TPSA) is 76.7 Å². The van der Waals surface area contributed by atoms with Crippen LogP contribution in [0.4, 0.5) is 11.4 Å². The molecule has 0 aliphatic rings. The van der Waals surface area contributed by atoms with Gasteiger partial charge in [0.25, 0.3) is 0 Å². The molecule has 25 heavy (non-hydrogen) atoms. The Balaban J connectivity index is 1.89. The number of hydrogen-bond acceptors (Lipinski definition) is 5. The number of benzene rings is 2. The molecule has 2 aromatic rings. The summed E-state index contributed by atoms with van der Waals surface area (Å²) in [6.45, 7) is 2.09. The molecule has 0 saturated heterocycles. The molecule has 0 fully saturated rings. The van der Waals surface area contributed by atoms with Gasteiger partial charge in [-0.05, 0) is 48.9 Å². The van der Waals surface area contributed by atoms with Crippen LogP contribution in [0.1, 0.15) is 28.9 Å². The number of carbonyl (C=O) groups is 2. The van der Waals surface area contributed by atoms with Gasteiger partial charge in [-0.25, -0.2) is 4.79 Å². The number of methoxy groups -OCH3 is 2. The molecule has 6 heteroatoms. The van der Waals surface area contributed by atoms with Gasteiger partial charge in [-0.2, -0.15) is 0 Å². The zero-order valence-corrected chi connectivity index (χ0v) is 14.5. The fourth-order valence-electron chi connectivity index (χ4n) is 2.23. The average molecular weight is 342 g/mol. The van der Waals surface area contributed by atoms with Crippen LogP contribution in [0.2, 0.25) is 0 Å². The van der Waals surface area contributed by atoms with Gasteiger partial charge in [0, 0.05) is 18.5 Å². The predicted octanol–water partition coefficient (Wildman–Crippen LogP) is 3.23. The third-order valence-electron chi connectivity index (χ3n) is 3.75. The Kier molecular flexibility index (Phi) is 6.54. The van der Waals surface area contributed by atoms with Crippen LogP contribution in [0.3, 0.4) is 0 Å². The van der Waals surface area contributed by atoms with Crippen LogP contribution >= 0.6 is 0 Å². The zero-order valence-electron chi connectivity index (χ0n) is 14.5. The van der Waals surface area contributed by atoms with Crippen LogP contribution in [0.25, 0.3) is 0 Å². The molecule has 1 atom stereocenters. The first-order chi connectivity index (χ1) is 12.0. The molecule has 0 bridgehead atoms. The highest BCUT2D eigenvalue weighted by atomic mass is 16.5. The van der Waals surface area contributed by atoms with Crippen molar-refractivity contribution in [3.05, 3.63) is 59.7 Å². The molecule has 0 aliphatic carbocycles. The molecular weight excluding hydrogens is 320 g/mol. The third-order valence-corrected chi connectivity index (χ3v) is 3.75. The summed E-state index contributed by atoms with van der Waals surface area (Å²) in [7, 11) is 2.98. The van der Waals surface area contributed by atoms with Gasteiger partial charge in [0.15, 0.2) is 0 Å². The largest absolute Gasteiger partial charge is 0.465 e. The van der Waals surface area contributed by atoms with E-state index >= 15 is 0 Å². The van der Waals surface area contributed by atoms with E-state index in [0.717, 1.165) is 11.3 Å². The lowest BCUT2D eigenvalue weighted by Gasteiger charge is -2.12. The highest BCUT2D eigenvalue weighted by Gasteiger charge is 2.07. The van der Waals surface area contributed by atoms with Crippen molar-refractivity contribution in [2.45, 2.75) is 13.0 Å². The number of amides is 1. The van der Waals surface area contributed by atoms with E-state index in [-0.39, 0.29) is 18.6 Å². The molecule has 0 heterocycles. The number of esters is 1. The monoisotopic (exact) mass is 342 g/mol. The van der Waals surface area contributed by atoms with Crippen molar-refractivity contribution in [2.75, 3.05) is 31.4 Å². The second-order valence-corrected chi connectivity index (χ2v) is 5.47. The lowest BCUT2D eigenvalue weighted by molar-refractivity contribution is -0.114. The minimum Gasteiger partial charge on any atom is -0.465 e. The average Bonchev–Trinajstić information content (AvgIpc) is 2.66. The van der Waals surface area contributed by atoms with Crippen molar-refractivity contribution in [3.63, 3.8) is 0 Å². The van der Waals surface area contributed by atoms with Crippen LogP contribution in [0, 0.1) is 0 Å². The van der Waals surface area contributed by atoms with Crippen LogP contribution in [-0.4, -0.2) is 32.6 Å². The first kappa shape index (κ1) is 18.5. The van der Waals surface area contributed by atoms with Crippen molar-refractivity contribution >= 4 is 23.3 Å². The van der Waals surface area contributed by atoms with E-state index in [1.54, 1.807) is 31.4 Å². The minimum absolute atomic E-state index is 0.0103. The molecule has 2 N–H and O–H groups in total. The Morgan fingerprint density at radius 1 is 1.04 bits per heavy atom. The summed E-state index contributed by atoms with van der Waals surface area (Å²) in [6.07, 6.45) is -0.0103. The predicted molar refractivity (Wildman–Crippen MR) is 96.8 cm³/mol. The van der Waals surface area contributed by atoms with Crippen LogP contribution in [0.5, 0.6) is 0 Å². The summed E-state index contributed by atoms with van der Waals surface area (Å²) in [4.78, 5) is 23.4. The minimum atomic E-state index is -0.412. The molecule has 1 amide bonds. The van der Waals surface area contributed by atoms with Gasteiger partial charge >= 0.3 is 5.97 Å². The van der Waals surface area contributed by atoms with Gasteiger partial charge < -0.3 is 20.1 Å². The Bertz CT molecular complexity index is 728. The van der Waals surface area contributed by atoms with E-state index in [1.807, 2.05) is 31.2 Å². The Morgan fingerprint density at radius 2 is 1.76 bits per heavy atom. The number of ether oxygens (including phenoxy) is 2. The van der Waals surface area contributed by atoms with Crippen LogP contribution in [-0.2, 0) is 14.3 Å². The van der Waals surface area contributed by atoms with E-state index in [1.165, 1.54) is 7.11 Å². The van der Waals surface area contributed by atoms with E-state index in [9.17, 15) is 9.59 Å². The molecule has 0 saturated carbocycles. The Labute approximate surface area is 147 Å². The molecule has 0 radical (unpaired) electrons. The van der Waals surface area contributed by atoms with Crippen molar-refractivity contribution in [1.29, 1.82) is 0 Å². The maximum Gasteiger partial charge on any atom is 0.337 e. The molecular formula is C19H22N2O4. The summed E-state index contributed by atoms with van der Waals surface area (Å²) in [5, 5.41) is 5.85. The highest BCUT2D eigenvalue weighted by molar-refractivity contribution is 5.95. The quantitative estimate of drug-likeness (QED) is 0.756. The number of rotatable bonds is 7. The second-order valence-electron chi connectivity index (χ2n) is 5.47. The van der Waals surface area contributed by atoms with E-state index in [0.29, 0.717) is 11.3 Å². The third kappa shape index (κ3) is 5.32. The second kappa shape index (κ2) is 8.84. The van der Waals surface area contributed by atoms with Crippen LogP contribution in [0.15, 0.2) is 48.5 Å². The van der Waals surface area contributed by atoms with Crippen molar-refractivity contribution in [2.24, 2.45) is 0 Å². The van der Waals surface area contributed by atoms with Gasteiger partial charge in [0.2, 0.25) is 5.91 Å².